The number of benzene rings is 1. The number of hydrogen-bond acceptors (Lipinski definition) is 7. The van der Waals surface area contributed by atoms with Gasteiger partial charge < -0.3 is 19.5 Å². The minimum Gasteiger partial charge on any atom is -0.493 e. The largest absolute Gasteiger partial charge is 0.493 e. The first-order chi connectivity index (χ1) is 14.0. The van der Waals surface area contributed by atoms with E-state index in [1.165, 1.54) is 0 Å². The number of hydrogen-bond donors (Lipinski definition) is 1. The molecular formula is C21H33N3O4S. The maximum absolute atomic E-state index is 11.5. The lowest BCUT2D eigenvalue weighted by Crippen LogP contribution is -2.47. The average molecular weight is 424 g/mol. The van der Waals surface area contributed by atoms with Crippen molar-refractivity contribution in [2.75, 3.05) is 71.0 Å². The van der Waals surface area contributed by atoms with Crippen LogP contribution < -0.4 is 9.47 Å². The SMILES string of the molecule is COc1cc(CN2CCN(C(C)=O)CC2)ccc1OCC(O)CN1CCSCC1. The van der Waals surface area contributed by atoms with Gasteiger partial charge in [-0.1, -0.05) is 6.07 Å². The summed E-state index contributed by atoms with van der Waals surface area (Å²) in [6.45, 7) is 8.71. The first-order valence-electron chi connectivity index (χ1n) is 10.3. The van der Waals surface area contributed by atoms with Crippen LogP contribution in [0.2, 0.25) is 0 Å². The molecule has 1 amide bonds. The normalized spacial score (nSPS) is 19.8. The summed E-state index contributed by atoms with van der Waals surface area (Å²) in [5.74, 6) is 3.76. The molecule has 0 bridgehead atoms. The Hall–Kier alpha value is -1.48. The quantitative estimate of drug-likeness (QED) is 0.673. The number of nitrogens with zero attached hydrogens (tertiary/aromatic N) is 3. The minimum absolute atomic E-state index is 0.147. The smallest absolute Gasteiger partial charge is 0.219 e. The maximum Gasteiger partial charge on any atom is 0.219 e. The number of aliphatic hydroxyl groups is 1. The van der Waals surface area contributed by atoms with Gasteiger partial charge in [-0.2, -0.15) is 11.8 Å². The molecule has 1 aromatic carbocycles. The monoisotopic (exact) mass is 423 g/mol. The number of ether oxygens (including phenoxy) is 2. The Morgan fingerprint density at radius 3 is 2.48 bits per heavy atom. The highest BCUT2D eigenvalue weighted by atomic mass is 32.2. The molecule has 0 saturated carbocycles. The first-order valence-corrected chi connectivity index (χ1v) is 11.5. The Kier molecular flexibility index (Phi) is 8.47. The highest BCUT2D eigenvalue weighted by molar-refractivity contribution is 7.99. The second-order valence-corrected chi connectivity index (χ2v) is 8.87. The van der Waals surface area contributed by atoms with Crippen molar-refractivity contribution >= 4 is 17.7 Å². The van der Waals surface area contributed by atoms with Crippen molar-refractivity contribution in [3.8, 4) is 11.5 Å². The molecule has 1 N–H and O–H groups in total. The van der Waals surface area contributed by atoms with Crippen LogP contribution in [-0.4, -0.2) is 103 Å². The summed E-state index contributed by atoms with van der Waals surface area (Å²) < 4.78 is 11.4. The molecule has 2 aliphatic heterocycles. The molecule has 0 aromatic heterocycles. The van der Waals surface area contributed by atoms with Gasteiger partial charge in [-0.15, -0.1) is 0 Å². The Labute approximate surface area is 177 Å². The summed E-state index contributed by atoms with van der Waals surface area (Å²) in [6.07, 6.45) is -0.514. The zero-order chi connectivity index (χ0) is 20.6. The fraction of sp³-hybridized carbons (Fsp3) is 0.667. The standard InChI is InChI=1S/C21H33N3O4S/c1-17(25)24-7-5-22(6-8-24)14-18-3-4-20(21(13-18)27-2)28-16-19(26)15-23-9-11-29-12-10-23/h3-4,13,19,26H,5-12,14-16H2,1-2H3. The summed E-state index contributed by atoms with van der Waals surface area (Å²) >= 11 is 1.96. The van der Waals surface area contributed by atoms with Crippen LogP contribution in [0.25, 0.3) is 0 Å². The number of rotatable bonds is 8. The molecule has 1 aromatic rings. The molecule has 8 heteroatoms. The zero-order valence-corrected chi connectivity index (χ0v) is 18.3. The molecule has 0 aliphatic carbocycles. The number of thioether (sulfide) groups is 1. The average Bonchev–Trinajstić information content (AvgIpc) is 2.74. The summed E-state index contributed by atoms with van der Waals surface area (Å²) in [4.78, 5) is 18.0. The topological polar surface area (TPSA) is 65.5 Å². The lowest BCUT2D eigenvalue weighted by atomic mass is 10.1. The predicted molar refractivity (Wildman–Crippen MR) is 116 cm³/mol. The Morgan fingerprint density at radius 2 is 1.83 bits per heavy atom. The molecule has 2 aliphatic rings. The van der Waals surface area contributed by atoms with Crippen LogP contribution in [0.5, 0.6) is 11.5 Å². The van der Waals surface area contributed by atoms with Crippen molar-refractivity contribution in [1.29, 1.82) is 0 Å². The van der Waals surface area contributed by atoms with Gasteiger partial charge in [0.1, 0.15) is 12.7 Å². The van der Waals surface area contributed by atoms with E-state index in [2.05, 4.69) is 9.80 Å². The third kappa shape index (κ3) is 6.77. The zero-order valence-electron chi connectivity index (χ0n) is 17.5. The van der Waals surface area contributed by atoms with Crippen molar-refractivity contribution in [3.05, 3.63) is 23.8 Å². The minimum atomic E-state index is -0.514. The van der Waals surface area contributed by atoms with E-state index in [-0.39, 0.29) is 12.5 Å². The van der Waals surface area contributed by atoms with Crippen LogP contribution in [0.4, 0.5) is 0 Å². The van der Waals surface area contributed by atoms with Crippen molar-refractivity contribution in [3.63, 3.8) is 0 Å². The number of β-amino-alcohol motifs (C(OH)–C–C–N with tert-alkyl or cyclic N) is 1. The van der Waals surface area contributed by atoms with Gasteiger partial charge in [0.2, 0.25) is 5.91 Å². The van der Waals surface area contributed by atoms with Crippen molar-refractivity contribution in [1.82, 2.24) is 14.7 Å². The van der Waals surface area contributed by atoms with E-state index in [9.17, 15) is 9.90 Å². The lowest BCUT2D eigenvalue weighted by Gasteiger charge is -2.34. The van der Waals surface area contributed by atoms with Crippen molar-refractivity contribution < 1.29 is 19.4 Å². The number of carbonyl (C=O) groups is 1. The van der Waals surface area contributed by atoms with E-state index in [0.29, 0.717) is 18.0 Å². The van der Waals surface area contributed by atoms with Gasteiger partial charge in [-0.05, 0) is 17.7 Å². The van der Waals surface area contributed by atoms with Crippen LogP contribution >= 0.6 is 11.8 Å². The van der Waals surface area contributed by atoms with Gasteiger partial charge in [-0.3, -0.25) is 14.6 Å². The fourth-order valence-electron chi connectivity index (χ4n) is 3.73. The first kappa shape index (κ1) is 22.2. The molecule has 0 spiro atoms. The summed E-state index contributed by atoms with van der Waals surface area (Å²) in [5, 5.41) is 10.3. The van der Waals surface area contributed by atoms with Crippen molar-refractivity contribution in [2.24, 2.45) is 0 Å². The van der Waals surface area contributed by atoms with Crippen LogP contribution in [0, 0.1) is 0 Å². The Bertz CT molecular complexity index is 661. The van der Waals surface area contributed by atoms with E-state index in [0.717, 1.165) is 62.9 Å². The molecule has 0 radical (unpaired) electrons. The molecule has 2 saturated heterocycles. The maximum atomic E-state index is 11.5. The molecule has 3 rings (SSSR count). The Balaban J connectivity index is 1.48. The van der Waals surface area contributed by atoms with Gasteiger partial charge in [0.25, 0.3) is 0 Å². The van der Waals surface area contributed by atoms with E-state index >= 15 is 0 Å². The molecule has 1 atom stereocenters. The molecule has 162 valence electrons. The molecule has 1 unspecified atom stereocenters. The third-order valence-electron chi connectivity index (χ3n) is 5.46. The van der Waals surface area contributed by atoms with E-state index in [4.69, 9.17) is 9.47 Å². The number of methoxy groups -OCH3 is 1. The number of amides is 1. The number of piperazine rings is 1. The van der Waals surface area contributed by atoms with Gasteiger partial charge in [0.05, 0.1) is 7.11 Å². The molecule has 2 heterocycles. The lowest BCUT2D eigenvalue weighted by molar-refractivity contribution is -0.130. The Morgan fingerprint density at radius 1 is 1.10 bits per heavy atom. The summed E-state index contributed by atoms with van der Waals surface area (Å²) in [7, 11) is 1.64. The van der Waals surface area contributed by atoms with Gasteiger partial charge in [0.15, 0.2) is 11.5 Å². The fourth-order valence-corrected chi connectivity index (χ4v) is 4.71. The number of aliphatic hydroxyl groups excluding tert-OH is 1. The molecule has 2 fully saturated rings. The predicted octanol–water partition coefficient (Wildman–Crippen LogP) is 1.15. The highest BCUT2D eigenvalue weighted by Crippen LogP contribution is 2.29. The van der Waals surface area contributed by atoms with E-state index < -0.39 is 6.10 Å². The van der Waals surface area contributed by atoms with Crippen LogP contribution in [-0.2, 0) is 11.3 Å². The molecule has 29 heavy (non-hydrogen) atoms. The van der Waals surface area contributed by atoms with Gasteiger partial charge in [0, 0.05) is 70.8 Å². The third-order valence-corrected chi connectivity index (χ3v) is 6.40. The summed E-state index contributed by atoms with van der Waals surface area (Å²) in [6, 6.07) is 5.97. The van der Waals surface area contributed by atoms with Crippen LogP contribution in [0.3, 0.4) is 0 Å². The van der Waals surface area contributed by atoms with E-state index in [1.54, 1.807) is 14.0 Å². The summed E-state index contributed by atoms with van der Waals surface area (Å²) in [5.41, 5.74) is 1.15. The van der Waals surface area contributed by atoms with Crippen LogP contribution in [0.1, 0.15) is 12.5 Å². The van der Waals surface area contributed by atoms with Gasteiger partial charge >= 0.3 is 0 Å². The highest BCUT2D eigenvalue weighted by Gasteiger charge is 2.19. The van der Waals surface area contributed by atoms with Gasteiger partial charge in [-0.25, -0.2) is 0 Å². The molecular weight excluding hydrogens is 390 g/mol. The van der Waals surface area contributed by atoms with Crippen LogP contribution in [0.15, 0.2) is 18.2 Å². The second-order valence-electron chi connectivity index (χ2n) is 7.65. The van der Waals surface area contributed by atoms with Crippen molar-refractivity contribution in [2.45, 2.75) is 19.6 Å². The second kappa shape index (κ2) is 11.1. The van der Waals surface area contributed by atoms with E-state index in [1.807, 2.05) is 34.9 Å². The number of carbonyl (C=O) groups excluding carboxylic acids is 1. The molecule has 7 nitrogen and oxygen atoms in total.